The first kappa shape index (κ1) is 14.8. The van der Waals surface area contributed by atoms with Crippen molar-refractivity contribution >= 4 is 17.7 Å². The molecule has 2 N–H and O–H groups in total. The Morgan fingerprint density at radius 2 is 2.24 bits per heavy atom. The van der Waals surface area contributed by atoms with Crippen molar-refractivity contribution in [1.29, 1.82) is 0 Å². The summed E-state index contributed by atoms with van der Waals surface area (Å²) in [5.41, 5.74) is 0. The van der Waals surface area contributed by atoms with Gasteiger partial charge in [-0.15, -0.1) is 0 Å². The molecule has 0 spiro atoms. The van der Waals surface area contributed by atoms with Gasteiger partial charge in [-0.05, 0) is 36.9 Å². The van der Waals surface area contributed by atoms with E-state index in [2.05, 4.69) is 24.1 Å². The molecule has 5 heteroatoms. The van der Waals surface area contributed by atoms with Gasteiger partial charge in [0, 0.05) is 13.1 Å². The van der Waals surface area contributed by atoms with Crippen molar-refractivity contribution in [3.63, 3.8) is 0 Å². The Bertz CT molecular complexity index is 229. The summed E-state index contributed by atoms with van der Waals surface area (Å²) >= 11 is 1.86. The van der Waals surface area contributed by atoms with Crippen molar-refractivity contribution < 1.29 is 9.90 Å². The number of rotatable bonds is 8. The van der Waals surface area contributed by atoms with Crippen molar-refractivity contribution in [3.8, 4) is 0 Å². The average Bonchev–Trinajstić information content (AvgIpc) is 2.82. The van der Waals surface area contributed by atoms with Crippen molar-refractivity contribution in [1.82, 2.24) is 10.2 Å². The van der Waals surface area contributed by atoms with Crippen molar-refractivity contribution in [2.75, 3.05) is 37.7 Å². The van der Waals surface area contributed by atoms with Crippen LogP contribution in [0, 0.1) is 5.92 Å². The molecule has 0 aromatic rings. The maximum atomic E-state index is 11.2. The first-order valence-electron chi connectivity index (χ1n) is 6.45. The Balaban J connectivity index is 2.31. The molecular formula is C12H24N2O2S. The van der Waals surface area contributed by atoms with E-state index in [1.807, 2.05) is 11.8 Å². The summed E-state index contributed by atoms with van der Waals surface area (Å²) in [7, 11) is 0. The number of aliphatic carboxylic acids is 1. The minimum Gasteiger partial charge on any atom is -0.480 e. The second-order valence-electron chi connectivity index (χ2n) is 4.42. The Kier molecular flexibility index (Phi) is 6.92. The molecule has 0 bridgehead atoms. The molecule has 0 aromatic heterocycles. The van der Waals surface area contributed by atoms with Gasteiger partial charge in [0.05, 0.1) is 0 Å². The Labute approximate surface area is 108 Å². The molecule has 0 aliphatic carbocycles. The second-order valence-corrected chi connectivity index (χ2v) is 5.57. The molecule has 1 heterocycles. The number of likely N-dealkylation sites (N-methyl/N-ethyl adjacent to an activating group) is 1. The molecule has 17 heavy (non-hydrogen) atoms. The minimum atomic E-state index is -0.697. The van der Waals surface area contributed by atoms with E-state index in [9.17, 15) is 9.90 Å². The Morgan fingerprint density at radius 3 is 2.71 bits per heavy atom. The maximum Gasteiger partial charge on any atom is 0.321 e. The van der Waals surface area contributed by atoms with Gasteiger partial charge in [-0.2, -0.15) is 11.8 Å². The van der Waals surface area contributed by atoms with Gasteiger partial charge in [-0.1, -0.05) is 13.8 Å². The lowest BCUT2D eigenvalue weighted by Crippen LogP contribution is -2.46. The Hall–Kier alpha value is -0.260. The summed E-state index contributed by atoms with van der Waals surface area (Å²) in [4.78, 5) is 13.5. The number of thioether (sulfide) groups is 1. The van der Waals surface area contributed by atoms with Gasteiger partial charge in [0.25, 0.3) is 0 Å². The van der Waals surface area contributed by atoms with Crippen LogP contribution in [0.2, 0.25) is 0 Å². The molecule has 100 valence electrons. The van der Waals surface area contributed by atoms with Crippen molar-refractivity contribution in [2.45, 2.75) is 26.3 Å². The van der Waals surface area contributed by atoms with E-state index in [0.717, 1.165) is 44.1 Å². The first-order valence-corrected chi connectivity index (χ1v) is 7.60. The van der Waals surface area contributed by atoms with Gasteiger partial charge < -0.3 is 15.3 Å². The number of hydrogen-bond acceptors (Lipinski definition) is 4. The number of carboxylic acids is 1. The molecule has 1 aliphatic rings. The van der Waals surface area contributed by atoms with Crippen LogP contribution in [-0.2, 0) is 4.79 Å². The predicted molar refractivity (Wildman–Crippen MR) is 72.6 cm³/mol. The summed E-state index contributed by atoms with van der Waals surface area (Å²) in [5.74, 6) is 1.69. The lowest BCUT2D eigenvalue weighted by molar-refractivity contribution is -0.140. The molecule has 0 amide bonds. The highest BCUT2D eigenvalue weighted by Crippen LogP contribution is 2.26. The molecule has 0 radical (unpaired) electrons. The zero-order valence-corrected chi connectivity index (χ0v) is 11.6. The van der Waals surface area contributed by atoms with Crippen LogP contribution in [0.3, 0.4) is 0 Å². The highest BCUT2D eigenvalue weighted by atomic mass is 32.2. The van der Waals surface area contributed by atoms with E-state index < -0.39 is 5.97 Å². The third kappa shape index (κ3) is 4.85. The first-order chi connectivity index (χ1) is 8.19. The maximum absolute atomic E-state index is 11.2. The molecular weight excluding hydrogens is 236 g/mol. The van der Waals surface area contributed by atoms with Crippen LogP contribution >= 0.6 is 11.8 Å². The number of hydrogen-bond donors (Lipinski definition) is 2. The SMILES string of the molecule is CCN(CC)CCNC(C(=O)O)C1CCSC1. The van der Waals surface area contributed by atoms with E-state index in [-0.39, 0.29) is 6.04 Å². The monoisotopic (exact) mass is 260 g/mol. The third-order valence-corrected chi connectivity index (χ3v) is 4.58. The summed E-state index contributed by atoms with van der Waals surface area (Å²) in [6.45, 7) is 8.00. The van der Waals surface area contributed by atoms with Crippen LogP contribution in [0.15, 0.2) is 0 Å². The normalized spacial score (nSPS) is 21.9. The molecule has 1 rings (SSSR count). The van der Waals surface area contributed by atoms with Gasteiger partial charge in [0.1, 0.15) is 6.04 Å². The molecule has 0 saturated carbocycles. The third-order valence-electron chi connectivity index (χ3n) is 3.39. The molecule has 1 aliphatic heterocycles. The van der Waals surface area contributed by atoms with Crippen LogP contribution < -0.4 is 5.32 Å². The fraction of sp³-hybridized carbons (Fsp3) is 0.917. The molecule has 2 unspecified atom stereocenters. The zero-order valence-electron chi connectivity index (χ0n) is 10.8. The van der Waals surface area contributed by atoms with Crippen LogP contribution in [0.4, 0.5) is 0 Å². The number of carbonyl (C=O) groups is 1. The van der Waals surface area contributed by atoms with Gasteiger partial charge in [-0.25, -0.2) is 0 Å². The second kappa shape index (κ2) is 7.95. The number of nitrogens with zero attached hydrogens (tertiary/aromatic N) is 1. The lowest BCUT2D eigenvalue weighted by atomic mass is 9.99. The van der Waals surface area contributed by atoms with Crippen LogP contribution in [0.1, 0.15) is 20.3 Å². The standard InChI is InChI=1S/C12H24N2O2S/c1-3-14(4-2)7-6-13-11(12(15)16)10-5-8-17-9-10/h10-11,13H,3-9H2,1-2H3,(H,15,16). The number of nitrogens with one attached hydrogen (secondary N) is 1. The van der Waals surface area contributed by atoms with E-state index in [1.54, 1.807) is 0 Å². The van der Waals surface area contributed by atoms with Gasteiger partial charge >= 0.3 is 5.97 Å². The molecule has 1 saturated heterocycles. The van der Waals surface area contributed by atoms with Crippen molar-refractivity contribution in [2.24, 2.45) is 5.92 Å². The molecule has 4 nitrogen and oxygen atoms in total. The Morgan fingerprint density at radius 1 is 1.53 bits per heavy atom. The largest absolute Gasteiger partial charge is 0.480 e. The van der Waals surface area contributed by atoms with E-state index in [0.29, 0.717) is 5.92 Å². The summed E-state index contributed by atoms with van der Waals surface area (Å²) in [5, 5.41) is 12.4. The molecule has 0 aromatic carbocycles. The van der Waals surface area contributed by atoms with Crippen molar-refractivity contribution in [3.05, 3.63) is 0 Å². The van der Waals surface area contributed by atoms with E-state index in [4.69, 9.17) is 0 Å². The lowest BCUT2D eigenvalue weighted by Gasteiger charge is -2.23. The summed E-state index contributed by atoms with van der Waals surface area (Å²) in [6.07, 6.45) is 1.03. The van der Waals surface area contributed by atoms with Gasteiger partial charge in [0.2, 0.25) is 0 Å². The van der Waals surface area contributed by atoms with Crippen LogP contribution in [0.5, 0.6) is 0 Å². The molecule has 2 atom stereocenters. The zero-order chi connectivity index (χ0) is 12.7. The average molecular weight is 260 g/mol. The predicted octanol–water partition coefficient (Wildman–Crippen LogP) is 1.12. The smallest absolute Gasteiger partial charge is 0.321 e. The summed E-state index contributed by atoms with van der Waals surface area (Å²) < 4.78 is 0. The van der Waals surface area contributed by atoms with Gasteiger partial charge in [-0.3, -0.25) is 4.79 Å². The fourth-order valence-electron chi connectivity index (χ4n) is 2.19. The highest BCUT2D eigenvalue weighted by molar-refractivity contribution is 7.99. The topological polar surface area (TPSA) is 52.6 Å². The van der Waals surface area contributed by atoms with Crippen LogP contribution in [0.25, 0.3) is 0 Å². The van der Waals surface area contributed by atoms with Crippen LogP contribution in [-0.4, -0.2) is 59.7 Å². The van der Waals surface area contributed by atoms with E-state index >= 15 is 0 Å². The number of carboxylic acid groups (broad SMARTS) is 1. The highest BCUT2D eigenvalue weighted by Gasteiger charge is 2.30. The fourth-order valence-corrected chi connectivity index (χ4v) is 3.49. The summed E-state index contributed by atoms with van der Waals surface area (Å²) in [6, 6.07) is -0.361. The quantitative estimate of drug-likeness (QED) is 0.685. The van der Waals surface area contributed by atoms with Gasteiger partial charge in [0.15, 0.2) is 0 Å². The van der Waals surface area contributed by atoms with E-state index in [1.165, 1.54) is 0 Å². The minimum absolute atomic E-state index is 0.300. The molecule has 1 fully saturated rings.